The van der Waals surface area contributed by atoms with Gasteiger partial charge in [-0.2, -0.15) is 0 Å². The predicted molar refractivity (Wildman–Crippen MR) is 82.9 cm³/mol. The minimum Gasteiger partial charge on any atom is -0.491 e. The summed E-state index contributed by atoms with van der Waals surface area (Å²) < 4.78 is 5.69. The fourth-order valence-corrected chi connectivity index (χ4v) is 1.55. The van der Waals surface area contributed by atoms with Crippen molar-refractivity contribution in [2.45, 2.75) is 53.2 Å². The maximum absolute atomic E-state index is 12.0. The van der Waals surface area contributed by atoms with Crippen molar-refractivity contribution in [2.24, 2.45) is 11.1 Å². The van der Waals surface area contributed by atoms with Gasteiger partial charge in [-0.1, -0.05) is 27.7 Å². The Bertz CT molecular complexity index is 435. The number of hydrogen-bond donors (Lipinski definition) is 2. The van der Waals surface area contributed by atoms with Crippen molar-refractivity contribution in [1.29, 1.82) is 0 Å². The Morgan fingerprint density at radius 3 is 2.30 bits per heavy atom. The lowest BCUT2D eigenvalue weighted by Gasteiger charge is -2.25. The molecule has 0 saturated heterocycles. The van der Waals surface area contributed by atoms with E-state index in [0.29, 0.717) is 0 Å². The molecule has 0 radical (unpaired) electrons. The number of hydrogen-bond acceptors (Lipinski definition) is 3. The largest absolute Gasteiger partial charge is 0.491 e. The molecule has 1 unspecified atom stereocenters. The normalized spacial score (nSPS) is 14.5. The van der Waals surface area contributed by atoms with Crippen molar-refractivity contribution >= 4 is 11.6 Å². The minimum absolute atomic E-state index is 0.173. The second-order valence-electron chi connectivity index (χ2n) is 6.19. The second-order valence-corrected chi connectivity index (χ2v) is 6.19. The first-order chi connectivity index (χ1) is 9.24. The molecule has 0 bridgehead atoms. The predicted octanol–water partition coefficient (Wildman–Crippen LogP) is 3.18. The van der Waals surface area contributed by atoms with Crippen molar-refractivity contribution in [3.8, 4) is 5.75 Å². The Morgan fingerprint density at radius 2 is 1.85 bits per heavy atom. The fourth-order valence-electron chi connectivity index (χ4n) is 1.55. The second kappa shape index (κ2) is 6.75. The van der Waals surface area contributed by atoms with Gasteiger partial charge in [-0.3, -0.25) is 4.79 Å². The van der Waals surface area contributed by atoms with Crippen LogP contribution in [0.3, 0.4) is 0 Å². The van der Waals surface area contributed by atoms with Crippen LogP contribution in [0.2, 0.25) is 0 Å². The summed E-state index contributed by atoms with van der Waals surface area (Å²) in [6, 6.07) is 6.81. The van der Waals surface area contributed by atoms with E-state index in [-0.39, 0.29) is 17.4 Å². The maximum Gasteiger partial charge on any atom is 0.241 e. The molecule has 0 aliphatic carbocycles. The first kappa shape index (κ1) is 16.5. The summed E-state index contributed by atoms with van der Waals surface area (Å²) >= 11 is 0. The van der Waals surface area contributed by atoms with E-state index in [2.05, 4.69) is 12.2 Å². The molecule has 1 aromatic carbocycles. The summed E-state index contributed by atoms with van der Waals surface area (Å²) in [6.07, 6.45) is 1.14. The molecule has 0 heterocycles. The first-order valence-corrected chi connectivity index (χ1v) is 7.07. The van der Waals surface area contributed by atoms with Crippen LogP contribution < -0.4 is 15.8 Å². The molecule has 0 aromatic heterocycles. The lowest BCUT2D eigenvalue weighted by molar-refractivity contribution is -0.119. The van der Waals surface area contributed by atoms with Gasteiger partial charge in [-0.15, -0.1) is 0 Å². The van der Waals surface area contributed by atoms with E-state index in [1.165, 1.54) is 0 Å². The molecule has 0 aliphatic rings. The Labute approximate surface area is 121 Å². The van der Waals surface area contributed by atoms with Crippen LogP contribution in [0.1, 0.15) is 41.0 Å². The van der Waals surface area contributed by atoms with Gasteiger partial charge in [0.15, 0.2) is 0 Å². The molecule has 2 atom stereocenters. The molecular formula is C16H26N2O2. The molecule has 20 heavy (non-hydrogen) atoms. The number of ether oxygens (including phenoxy) is 1. The van der Waals surface area contributed by atoms with Crippen molar-refractivity contribution in [1.82, 2.24) is 0 Å². The molecule has 112 valence electrons. The summed E-state index contributed by atoms with van der Waals surface area (Å²) in [6.45, 7) is 9.94. The average molecular weight is 278 g/mol. The summed E-state index contributed by atoms with van der Waals surface area (Å²) in [5, 5.41) is 2.82. The van der Waals surface area contributed by atoms with Crippen LogP contribution in [0.5, 0.6) is 5.75 Å². The van der Waals surface area contributed by atoms with E-state index in [1.807, 2.05) is 52.0 Å². The topological polar surface area (TPSA) is 64.3 Å². The van der Waals surface area contributed by atoms with Crippen LogP contribution in [0.15, 0.2) is 24.3 Å². The Balaban J connectivity index is 2.64. The zero-order valence-corrected chi connectivity index (χ0v) is 13.1. The summed E-state index contributed by atoms with van der Waals surface area (Å²) in [7, 11) is 0. The van der Waals surface area contributed by atoms with Gasteiger partial charge >= 0.3 is 0 Å². The number of carbonyl (C=O) groups excluding carboxylic acids is 1. The molecule has 1 amide bonds. The van der Waals surface area contributed by atoms with Gasteiger partial charge in [0.2, 0.25) is 5.91 Å². The number of rotatable bonds is 5. The maximum atomic E-state index is 12.0. The van der Waals surface area contributed by atoms with Crippen LogP contribution in [-0.2, 0) is 4.79 Å². The molecule has 4 nitrogen and oxygen atoms in total. The number of benzene rings is 1. The number of anilines is 1. The molecule has 0 aliphatic heterocycles. The first-order valence-electron chi connectivity index (χ1n) is 7.07. The van der Waals surface area contributed by atoms with E-state index in [9.17, 15) is 4.79 Å². The molecule has 4 heteroatoms. The van der Waals surface area contributed by atoms with Crippen molar-refractivity contribution < 1.29 is 9.53 Å². The van der Waals surface area contributed by atoms with E-state index in [4.69, 9.17) is 10.5 Å². The summed E-state index contributed by atoms with van der Waals surface area (Å²) in [4.78, 5) is 12.0. The van der Waals surface area contributed by atoms with Crippen LogP contribution in [0.25, 0.3) is 0 Å². The standard InChI is InChI=1S/C16H26N2O2/c1-6-11(2)20-13-9-7-12(8-10-13)18-15(19)14(17)16(3,4)5/h7-11,14H,6,17H2,1-5H3,(H,18,19)/t11?,14-/m1/s1. The number of amides is 1. The number of nitrogens with one attached hydrogen (secondary N) is 1. The highest BCUT2D eigenvalue weighted by atomic mass is 16.5. The SMILES string of the molecule is CCC(C)Oc1ccc(NC(=O)[C@@H](N)C(C)(C)C)cc1. The van der Waals surface area contributed by atoms with Gasteiger partial charge in [-0.05, 0) is 43.0 Å². The molecule has 3 N–H and O–H groups in total. The third-order valence-corrected chi connectivity index (χ3v) is 3.25. The number of nitrogens with two attached hydrogens (primary N) is 1. The van der Waals surface area contributed by atoms with Gasteiger partial charge in [0, 0.05) is 5.69 Å². The van der Waals surface area contributed by atoms with Gasteiger partial charge in [0.1, 0.15) is 5.75 Å². The lowest BCUT2D eigenvalue weighted by atomic mass is 9.87. The smallest absolute Gasteiger partial charge is 0.241 e. The third-order valence-electron chi connectivity index (χ3n) is 3.25. The van der Waals surface area contributed by atoms with E-state index in [1.54, 1.807) is 0 Å². The molecule has 0 saturated carbocycles. The Hall–Kier alpha value is -1.55. The Kier molecular flexibility index (Phi) is 5.57. The van der Waals surface area contributed by atoms with Gasteiger partial charge in [-0.25, -0.2) is 0 Å². The highest BCUT2D eigenvalue weighted by Crippen LogP contribution is 2.21. The monoisotopic (exact) mass is 278 g/mol. The van der Waals surface area contributed by atoms with Crippen LogP contribution in [-0.4, -0.2) is 18.1 Å². The van der Waals surface area contributed by atoms with Crippen LogP contribution in [0, 0.1) is 5.41 Å². The summed E-state index contributed by atoms with van der Waals surface area (Å²) in [5.74, 6) is 0.630. The van der Waals surface area contributed by atoms with Gasteiger partial charge in [0.25, 0.3) is 0 Å². The fraction of sp³-hybridized carbons (Fsp3) is 0.562. The highest BCUT2D eigenvalue weighted by molar-refractivity contribution is 5.95. The molecule has 0 spiro atoms. The van der Waals surface area contributed by atoms with E-state index in [0.717, 1.165) is 17.9 Å². The molecule has 1 rings (SSSR count). The third kappa shape index (κ3) is 4.85. The molecule has 1 aromatic rings. The zero-order chi connectivity index (χ0) is 15.3. The van der Waals surface area contributed by atoms with Gasteiger partial charge in [0.05, 0.1) is 12.1 Å². The number of carbonyl (C=O) groups is 1. The average Bonchev–Trinajstić information content (AvgIpc) is 2.38. The van der Waals surface area contributed by atoms with Crippen molar-refractivity contribution in [3.05, 3.63) is 24.3 Å². The van der Waals surface area contributed by atoms with Crippen molar-refractivity contribution in [3.63, 3.8) is 0 Å². The van der Waals surface area contributed by atoms with Gasteiger partial charge < -0.3 is 15.8 Å². The molecular weight excluding hydrogens is 252 g/mol. The summed E-state index contributed by atoms with van der Waals surface area (Å²) in [5.41, 5.74) is 6.39. The van der Waals surface area contributed by atoms with E-state index >= 15 is 0 Å². The minimum atomic E-state index is -0.543. The van der Waals surface area contributed by atoms with E-state index < -0.39 is 6.04 Å². The molecule has 0 fully saturated rings. The highest BCUT2D eigenvalue weighted by Gasteiger charge is 2.27. The van der Waals surface area contributed by atoms with Crippen LogP contribution in [0.4, 0.5) is 5.69 Å². The zero-order valence-electron chi connectivity index (χ0n) is 13.1. The lowest BCUT2D eigenvalue weighted by Crippen LogP contribution is -2.45. The van der Waals surface area contributed by atoms with Crippen LogP contribution >= 0.6 is 0 Å². The Morgan fingerprint density at radius 1 is 1.30 bits per heavy atom. The quantitative estimate of drug-likeness (QED) is 0.869. The van der Waals surface area contributed by atoms with Crippen molar-refractivity contribution in [2.75, 3.05) is 5.32 Å².